The molecule has 2 unspecified atom stereocenters. The molecule has 0 amide bonds. The fourth-order valence-corrected chi connectivity index (χ4v) is 2.29. The Morgan fingerprint density at radius 1 is 1.62 bits per heavy atom. The fraction of sp³-hybridized carbons (Fsp3) is 0.727. The molecule has 1 aromatic heterocycles. The fourth-order valence-electron chi connectivity index (χ4n) is 2.29. The summed E-state index contributed by atoms with van der Waals surface area (Å²) >= 11 is 0. The van der Waals surface area contributed by atoms with Crippen LogP contribution in [0.4, 0.5) is 4.39 Å². The maximum Gasteiger partial charge on any atom is 0.122 e. The maximum atomic E-state index is 13.4. The zero-order valence-electron chi connectivity index (χ0n) is 9.86. The van der Waals surface area contributed by atoms with Crippen LogP contribution < -0.4 is 5.32 Å². The van der Waals surface area contributed by atoms with Gasteiger partial charge in [-0.3, -0.25) is 4.90 Å². The van der Waals surface area contributed by atoms with E-state index >= 15 is 0 Å². The summed E-state index contributed by atoms with van der Waals surface area (Å²) in [5.74, 6) is 0.996. The number of halogens is 1. The Kier molecular flexibility index (Phi) is 3.56. The summed E-state index contributed by atoms with van der Waals surface area (Å²) in [6, 6.07) is 0.289. The number of imidazole rings is 1. The van der Waals surface area contributed by atoms with Crippen LogP contribution in [0.25, 0.3) is 0 Å². The lowest BCUT2D eigenvalue weighted by atomic mass is 10.2. The van der Waals surface area contributed by atoms with Crippen LogP contribution in [0, 0.1) is 0 Å². The van der Waals surface area contributed by atoms with Crippen LogP contribution in [-0.4, -0.2) is 46.8 Å². The number of likely N-dealkylation sites (tertiary alicyclic amines) is 1. The number of rotatable bonds is 4. The van der Waals surface area contributed by atoms with Gasteiger partial charge in [0.25, 0.3) is 0 Å². The molecular formula is C11H19FN4. The lowest BCUT2D eigenvalue weighted by molar-refractivity contribution is 0.225. The first-order valence-corrected chi connectivity index (χ1v) is 5.69. The highest BCUT2D eigenvalue weighted by Gasteiger charge is 2.31. The summed E-state index contributed by atoms with van der Waals surface area (Å²) in [5, 5.41) is 3.12. The Balaban J connectivity index is 2.00. The molecule has 0 aliphatic carbocycles. The van der Waals surface area contributed by atoms with Crippen LogP contribution in [0.3, 0.4) is 0 Å². The van der Waals surface area contributed by atoms with Crippen molar-refractivity contribution in [1.82, 2.24) is 19.8 Å². The number of hydrogen-bond donors (Lipinski definition) is 1. The lowest BCUT2D eigenvalue weighted by Gasteiger charge is -2.23. The summed E-state index contributed by atoms with van der Waals surface area (Å²) in [7, 11) is 3.88. The molecule has 0 saturated carbocycles. The van der Waals surface area contributed by atoms with E-state index in [1.807, 2.05) is 24.9 Å². The number of aryl methyl sites for hydroxylation is 1. The normalized spacial score (nSPS) is 26.4. The average Bonchev–Trinajstić information content (AvgIpc) is 2.77. The van der Waals surface area contributed by atoms with Crippen LogP contribution in [0.5, 0.6) is 0 Å². The highest BCUT2D eigenvalue weighted by molar-refractivity contribution is 4.95. The van der Waals surface area contributed by atoms with Gasteiger partial charge in [0.2, 0.25) is 0 Å². The minimum absolute atomic E-state index is 0.289. The smallest absolute Gasteiger partial charge is 0.122 e. The minimum atomic E-state index is -0.696. The summed E-state index contributed by atoms with van der Waals surface area (Å²) < 4.78 is 15.4. The Labute approximate surface area is 95.5 Å². The molecule has 0 spiro atoms. The van der Waals surface area contributed by atoms with E-state index in [1.165, 1.54) is 0 Å². The van der Waals surface area contributed by atoms with E-state index in [-0.39, 0.29) is 6.04 Å². The molecule has 5 heteroatoms. The SMILES string of the molecule is CNCC1CC(F)CN1Cc1nccn1C. The zero-order chi connectivity index (χ0) is 11.5. The van der Waals surface area contributed by atoms with Gasteiger partial charge < -0.3 is 9.88 Å². The maximum absolute atomic E-state index is 13.4. The van der Waals surface area contributed by atoms with Gasteiger partial charge in [-0.25, -0.2) is 9.37 Å². The molecule has 4 nitrogen and oxygen atoms in total. The van der Waals surface area contributed by atoms with Crippen molar-refractivity contribution >= 4 is 0 Å². The highest BCUT2D eigenvalue weighted by Crippen LogP contribution is 2.21. The molecule has 1 saturated heterocycles. The molecule has 0 bridgehead atoms. The van der Waals surface area contributed by atoms with E-state index < -0.39 is 6.17 Å². The number of aromatic nitrogens is 2. The number of hydrogen-bond acceptors (Lipinski definition) is 3. The summed E-state index contributed by atoms with van der Waals surface area (Å²) in [6.07, 6.45) is 3.64. The molecule has 0 radical (unpaired) electrons. The highest BCUT2D eigenvalue weighted by atomic mass is 19.1. The molecule has 0 aromatic carbocycles. The topological polar surface area (TPSA) is 33.1 Å². The van der Waals surface area contributed by atoms with Crippen LogP contribution >= 0.6 is 0 Å². The first-order valence-electron chi connectivity index (χ1n) is 5.69. The van der Waals surface area contributed by atoms with Gasteiger partial charge in [0.15, 0.2) is 0 Å². The van der Waals surface area contributed by atoms with Crippen molar-refractivity contribution in [1.29, 1.82) is 0 Å². The second-order valence-electron chi connectivity index (χ2n) is 4.43. The van der Waals surface area contributed by atoms with Crippen molar-refractivity contribution in [3.05, 3.63) is 18.2 Å². The second-order valence-corrected chi connectivity index (χ2v) is 4.43. The molecule has 1 aliphatic rings. The van der Waals surface area contributed by atoms with Crippen molar-refractivity contribution in [2.45, 2.75) is 25.2 Å². The van der Waals surface area contributed by atoms with Gasteiger partial charge in [0.05, 0.1) is 6.54 Å². The molecule has 1 N–H and O–H groups in total. The number of nitrogens with zero attached hydrogens (tertiary/aromatic N) is 3. The van der Waals surface area contributed by atoms with Crippen molar-refractivity contribution in [3.8, 4) is 0 Å². The Morgan fingerprint density at radius 2 is 2.44 bits per heavy atom. The van der Waals surface area contributed by atoms with Gasteiger partial charge in [-0.1, -0.05) is 0 Å². The first kappa shape index (κ1) is 11.5. The van der Waals surface area contributed by atoms with Gasteiger partial charge in [-0.2, -0.15) is 0 Å². The Hall–Kier alpha value is -0.940. The average molecular weight is 226 g/mol. The summed E-state index contributed by atoms with van der Waals surface area (Å²) in [4.78, 5) is 6.45. The van der Waals surface area contributed by atoms with E-state index in [0.29, 0.717) is 13.0 Å². The van der Waals surface area contributed by atoms with Crippen molar-refractivity contribution < 1.29 is 4.39 Å². The largest absolute Gasteiger partial charge is 0.337 e. The molecule has 1 aromatic rings. The standard InChI is InChI=1S/C11H19FN4/c1-13-6-10-5-9(12)7-16(10)8-11-14-3-4-15(11)2/h3-4,9-10,13H,5-8H2,1-2H3. The van der Waals surface area contributed by atoms with E-state index in [4.69, 9.17) is 0 Å². The molecule has 16 heavy (non-hydrogen) atoms. The third-order valence-corrected chi connectivity index (χ3v) is 3.18. The number of likely N-dealkylation sites (N-methyl/N-ethyl adjacent to an activating group) is 1. The summed E-state index contributed by atoms with van der Waals surface area (Å²) in [5.41, 5.74) is 0. The Morgan fingerprint density at radius 3 is 3.06 bits per heavy atom. The van der Waals surface area contributed by atoms with Crippen molar-refractivity contribution in [3.63, 3.8) is 0 Å². The molecule has 2 rings (SSSR count). The molecule has 2 atom stereocenters. The van der Waals surface area contributed by atoms with E-state index in [9.17, 15) is 4.39 Å². The number of alkyl halides is 1. The quantitative estimate of drug-likeness (QED) is 0.814. The minimum Gasteiger partial charge on any atom is -0.337 e. The molecule has 1 aliphatic heterocycles. The van der Waals surface area contributed by atoms with Crippen molar-refractivity contribution in [2.24, 2.45) is 7.05 Å². The molecule has 1 fully saturated rings. The van der Waals surface area contributed by atoms with Crippen LogP contribution in [0.1, 0.15) is 12.2 Å². The van der Waals surface area contributed by atoms with Crippen LogP contribution in [0.15, 0.2) is 12.4 Å². The lowest BCUT2D eigenvalue weighted by Crippen LogP contribution is -2.36. The van der Waals surface area contributed by atoms with Crippen LogP contribution in [-0.2, 0) is 13.6 Å². The monoisotopic (exact) mass is 226 g/mol. The van der Waals surface area contributed by atoms with Gasteiger partial charge >= 0.3 is 0 Å². The summed E-state index contributed by atoms with van der Waals surface area (Å²) in [6.45, 7) is 2.10. The predicted octanol–water partition coefficient (Wildman–Crippen LogP) is 0.552. The molecule has 90 valence electrons. The van der Waals surface area contributed by atoms with Crippen molar-refractivity contribution in [2.75, 3.05) is 20.1 Å². The third-order valence-electron chi connectivity index (χ3n) is 3.18. The van der Waals surface area contributed by atoms with E-state index in [0.717, 1.165) is 18.9 Å². The first-order chi connectivity index (χ1) is 7.70. The van der Waals surface area contributed by atoms with Gasteiger partial charge in [0.1, 0.15) is 12.0 Å². The predicted molar refractivity (Wildman–Crippen MR) is 60.8 cm³/mol. The van der Waals surface area contributed by atoms with Crippen LogP contribution in [0.2, 0.25) is 0 Å². The van der Waals surface area contributed by atoms with E-state index in [1.54, 1.807) is 6.20 Å². The van der Waals surface area contributed by atoms with E-state index in [2.05, 4.69) is 15.2 Å². The van der Waals surface area contributed by atoms with Gasteiger partial charge in [-0.15, -0.1) is 0 Å². The second kappa shape index (κ2) is 4.93. The molecule has 2 heterocycles. The molecular weight excluding hydrogens is 207 g/mol. The third kappa shape index (κ3) is 2.41. The number of nitrogens with one attached hydrogen (secondary N) is 1. The zero-order valence-corrected chi connectivity index (χ0v) is 9.86. The van der Waals surface area contributed by atoms with Gasteiger partial charge in [-0.05, 0) is 13.5 Å². The van der Waals surface area contributed by atoms with Gasteiger partial charge in [0, 0.05) is 38.6 Å². The Bertz CT molecular complexity index is 338.